The molecule has 0 aliphatic carbocycles. The van der Waals surface area contributed by atoms with Crippen LogP contribution in [0.15, 0.2) is 24.3 Å². The van der Waals surface area contributed by atoms with Crippen LogP contribution < -0.4 is 0 Å². The Bertz CT molecular complexity index is 837. The summed E-state index contributed by atoms with van der Waals surface area (Å²) in [6, 6.07) is 0. The third-order valence-electron chi connectivity index (χ3n) is 12.0. The lowest BCUT2D eigenvalue weighted by Crippen LogP contribution is -2.51. The van der Waals surface area contributed by atoms with Gasteiger partial charge in [-0.2, -0.15) is 0 Å². The van der Waals surface area contributed by atoms with Crippen molar-refractivity contribution in [3.05, 3.63) is 24.3 Å². The maximum Gasteiger partial charge on any atom is 0.0913 e. The highest BCUT2D eigenvalue weighted by atomic mass is 15.4. The van der Waals surface area contributed by atoms with Gasteiger partial charge in [0, 0.05) is 25.9 Å². The number of likely N-dealkylation sites (N-methyl/N-ethyl adjacent to an activating group) is 1. The van der Waals surface area contributed by atoms with E-state index >= 15 is 0 Å². The van der Waals surface area contributed by atoms with E-state index in [9.17, 15) is 0 Å². The van der Waals surface area contributed by atoms with Crippen molar-refractivity contribution in [2.75, 3.05) is 102 Å². The molecular weight excluding hydrogens is 669 g/mol. The third kappa shape index (κ3) is 42.7. The van der Waals surface area contributed by atoms with Gasteiger partial charge >= 0.3 is 0 Å². The number of rotatable bonds is 43. The van der Waals surface area contributed by atoms with Gasteiger partial charge in [0.15, 0.2) is 0 Å². The summed E-state index contributed by atoms with van der Waals surface area (Å²) in [6.07, 6.45) is 51.4. The van der Waals surface area contributed by atoms with Crippen molar-refractivity contribution < 1.29 is 13.4 Å². The predicted molar refractivity (Wildman–Crippen MR) is 251 cm³/mol. The molecule has 1 unspecified atom stereocenters. The standard InChI is InChI=1S/C51H107N4/c1-10-12-14-16-18-20-22-24-26-28-30-32-34-36-38-40-44-52(45-42-47-53(3,4)5)46-51-55(9,50-43-48-54(6,7)8)49-41-39-37-35-33-31-29-27-25-23-21-19-17-15-13-11-2/h24-27H,10-23,28-51H2,1-9H3/q+3/b26-24-,27-25-. The lowest BCUT2D eigenvalue weighted by molar-refractivity contribution is -0.917. The normalized spacial score (nSPS) is 13.9. The summed E-state index contributed by atoms with van der Waals surface area (Å²) in [7, 11) is 16.7. The topological polar surface area (TPSA) is 3.24 Å². The minimum atomic E-state index is 1.08. The van der Waals surface area contributed by atoms with Crippen molar-refractivity contribution in [3.8, 4) is 0 Å². The Morgan fingerprint density at radius 3 is 1.04 bits per heavy atom. The number of allylic oxidation sites excluding steroid dienone is 4. The second kappa shape index (κ2) is 37.6. The fraction of sp³-hybridized carbons (Fsp3) is 0.922. The molecule has 0 bridgehead atoms. The van der Waals surface area contributed by atoms with Crippen LogP contribution in [0, 0.1) is 0 Å². The van der Waals surface area contributed by atoms with Crippen LogP contribution in [0.25, 0.3) is 0 Å². The van der Waals surface area contributed by atoms with E-state index < -0.39 is 0 Å². The van der Waals surface area contributed by atoms with Crippen LogP contribution in [0.2, 0.25) is 0 Å². The van der Waals surface area contributed by atoms with Crippen LogP contribution in [0.1, 0.15) is 206 Å². The highest BCUT2D eigenvalue weighted by Gasteiger charge is 2.24. The zero-order chi connectivity index (χ0) is 40.8. The average molecular weight is 776 g/mol. The molecule has 55 heavy (non-hydrogen) atoms. The smallest absolute Gasteiger partial charge is 0.0913 e. The van der Waals surface area contributed by atoms with Crippen molar-refractivity contribution in [3.63, 3.8) is 0 Å². The lowest BCUT2D eigenvalue weighted by atomic mass is 10.1. The van der Waals surface area contributed by atoms with Crippen LogP contribution in [0.3, 0.4) is 0 Å². The number of unbranched alkanes of at least 4 members (excludes halogenated alkanes) is 24. The molecule has 0 aromatic carbocycles. The third-order valence-corrected chi connectivity index (χ3v) is 12.0. The van der Waals surface area contributed by atoms with Crippen LogP contribution >= 0.6 is 0 Å². The van der Waals surface area contributed by atoms with E-state index in [1.165, 1.54) is 249 Å². The summed E-state index contributed by atoms with van der Waals surface area (Å²) in [5.41, 5.74) is 0. The molecular formula is C51H107N4+3. The van der Waals surface area contributed by atoms with E-state index in [-0.39, 0.29) is 0 Å². The molecule has 0 rings (SSSR count). The first-order valence-electron chi connectivity index (χ1n) is 24.9. The van der Waals surface area contributed by atoms with Gasteiger partial charge in [0.25, 0.3) is 0 Å². The molecule has 0 radical (unpaired) electrons. The Morgan fingerprint density at radius 1 is 0.291 bits per heavy atom. The van der Waals surface area contributed by atoms with Gasteiger partial charge in [-0.25, -0.2) is 0 Å². The molecule has 0 aliphatic heterocycles. The van der Waals surface area contributed by atoms with Crippen LogP contribution in [0.5, 0.6) is 0 Å². The molecule has 0 saturated heterocycles. The van der Waals surface area contributed by atoms with E-state index in [2.05, 4.69) is 92.4 Å². The molecule has 0 N–H and O–H groups in total. The summed E-state index contributed by atoms with van der Waals surface area (Å²) < 4.78 is 3.43. The molecule has 328 valence electrons. The minimum absolute atomic E-state index is 1.08. The molecule has 1 atom stereocenters. The molecule has 0 aromatic rings. The van der Waals surface area contributed by atoms with Crippen molar-refractivity contribution in [1.29, 1.82) is 0 Å². The summed E-state index contributed by atoms with van der Waals surface area (Å²) in [4.78, 5) is 2.86. The lowest BCUT2D eigenvalue weighted by Gasteiger charge is -2.38. The average Bonchev–Trinajstić information content (AvgIpc) is 3.12. The monoisotopic (exact) mass is 776 g/mol. The molecule has 0 heterocycles. The number of quaternary nitrogens is 3. The predicted octanol–water partition coefficient (Wildman–Crippen LogP) is 14.0. The fourth-order valence-corrected chi connectivity index (χ4v) is 8.07. The molecule has 0 amide bonds. The van der Waals surface area contributed by atoms with Crippen molar-refractivity contribution >= 4 is 0 Å². The minimum Gasteiger partial charge on any atom is -0.331 e. The first-order chi connectivity index (χ1) is 26.4. The molecule has 4 heteroatoms. The Labute approximate surface area is 349 Å². The van der Waals surface area contributed by atoms with Crippen molar-refractivity contribution in [2.24, 2.45) is 0 Å². The number of hydrogen-bond donors (Lipinski definition) is 0. The van der Waals surface area contributed by atoms with E-state index in [4.69, 9.17) is 0 Å². The molecule has 4 nitrogen and oxygen atoms in total. The van der Waals surface area contributed by atoms with E-state index in [1.807, 2.05) is 0 Å². The SMILES string of the molecule is CCCCCCCC/C=C\CCCCCCCCN(CCC[N+](C)(C)C)CC[N+](C)(CCCCCCCC/C=C\CCCCCCCC)CCC[N+](C)(C)C. The quantitative estimate of drug-likeness (QED) is 0.0339. The number of hydrogen-bond acceptors (Lipinski definition) is 1. The Morgan fingerprint density at radius 2 is 0.618 bits per heavy atom. The molecule has 0 aromatic heterocycles. The van der Waals surface area contributed by atoms with Crippen molar-refractivity contribution in [2.45, 2.75) is 206 Å². The van der Waals surface area contributed by atoms with Gasteiger partial charge in [0.05, 0.1) is 82.1 Å². The van der Waals surface area contributed by atoms with Crippen LogP contribution in [-0.2, 0) is 0 Å². The van der Waals surface area contributed by atoms with E-state index in [0.717, 1.165) is 8.97 Å². The van der Waals surface area contributed by atoms with E-state index in [1.54, 1.807) is 0 Å². The van der Waals surface area contributed by atoms with E-state index in [0.29, 0.717) is 0 Å². The van der Waals surface area contributed by atoms with Crippen LogP contribution in [-0.4, -0.2) is 120 Å². The van der Waals surface area contributed by atoms with Gasteiger partial charge < -0.3 is 13.4 Å². The Hall–Kier alpha value is -0.680. The summed E-state index contributed by atoms with van der Waals surface area (Å²) >= 11 is 0. The van der Waals surface area contributed by atoms with Crippen LogP contribution in [0.4, 0.5) is 0 Å². The largest absolute Gasteiger partial charge is 0.331 e. The molecule has 0 aliphatic rings. The molecule has 0 saturated carbocycles. The maximum atomic E-state index is 2.86. The summed E-state index contributed by atoms with van der Waals surface area (Å²) in [5.74, 6) is 0. The Balaban J connectivity index is 4.57. The van der Waals surface area contributed by atoms with Gasteiger partial charge in [-0.15, -0.1) is 0 Å². The first kappa shape index (κ1) is 54.3. The number of nitrogens with zero attached hydrogens (tertiary/aromatic N) is 4. The highest BCUT2D eigenvalue weighted by molar-refractivity contribution is 4.82. The Kier molecular flexibility index (Phi) is 37.1. The molecule has 0 spiro atoms. The second-order valence-corrected chi connectivity index (χ2v) is 20.2. The molecule has 0 fully saturated rings. The first-order valence-corrected chi connectivity index (χ1v) is 24.9. The second-order valence-electron chi connectivity index (χ2n) is 20.2. The maximum absolute atomic E-state index is 2.86. The van der Waals surface area contributed by atoms with Gasteiger partial charge in [0.2, 0.25) is 0 Å². The van der Waals surface area contributed by atoms with Gasteiger partial charge in [-0.05, 0) is 77.2 Å². The zero-order valence-electron chi connectivity index (χ0n) is 40.0. The fourth-order valence-electron chi connectivity index (χ4n) is 8.07. The van der Waals surface area contributed by atoms with Gasteiger partial charge in [-0.3, -0.25) is 4.90 Å². The summed E-state index contributed by atoms with van der Waals surface area (Å²) in [6.45, 7) is 15.0. The van der Waals surface area contributed by atoms with Crippen molar-refractivity contribution in [1.82, 2.24) is 4.90 Å². The zero-order valence-corrected chi connectivity index (χ0v) is 40.0. The van der Waals surface area contributed by atoms with Gasteiger partial charge in [-0.1, -0.05) is 147 Å². The van der Waals surface area contributed by atoms with Gasteiger partial charge in [0.1, 0.15) is 0 Å². The summed E-state index contributed by atoms with van der Waals surface area (Å²) in [5, 5.41) is 0. The highest BCUT2D eigenvalue weighted by Crippen LogP contribution is 2.15.